The maximum Gasteiger partial charge on any atom is 0.337 e. The van der Waals surface area contributed by atoms with Gasteiger partial charge in [0.25, 0.3) is 0 Å². The van der Waals surface area contributed by atoms with Crippen LogP contribution in [0.4, 0.5) is 5.69 Å². The fourth-order valence-corrected chi connectivity index (χ4v) is 5.28. The van der Waals surface area contributed by atoms with Gasteiger partial charge in [0.15, 0.2) is 5.11 Å². The van der Waals surface area contributed by atoms with Gasteiger partial charge in [-0.25, -0.2) is 4.79 Å². The number of nitrogens with one attached hydrogen (secondary N) is 1. The summed E-state index contributed by atoms with van der Waals surface area (Å²) in [5, 5.41) is 13.9. The first-order chi connectivity index (χ1) is 17.4. The van der Waals surface area contributed by atoms with Crippen LogP contribution in [-0.2, 0) is 4.74 Å². The number of carbonyl (C=O) groups excluding carboxylic acids is 1. The molecule has 182 valence electrons. The number of phenols is 1. The lowest BCUT2D eigenvalue weighted by Crippen LogP contribution is -2.29. The van der Waals surface area contributed by atoms with E-state index in [1.54, 1.807) is 24.4 Å². The second-order valence-corrected chi connectivity index (χ2v) is 9.10. The zero-order valence-corrected chi connectivity index (χ0v) is 21.0. The summed E-state index contributed by atoms with van der Waals surface area (Å²) in [6.45, 7) is 4.11. The number of phenolic OH excluding ortho intramolecular Hbond substituents is 1. The van der Waals surface area contributed by atoms with E-state index in [4.69, 9.17) is 17.0 Å². The highest BCUT2D eigenvalue weighted by Crippen LogP contribution is 2.44. The summed E-state index contributed by atoms with van der Waals surface area (Å²) >= 11 is 5.81. The van der Waals surface area contributed by atoms with Crippen molar-refractivity contribution in [3.05, 3.63) is 107 Å². The molecule has 0 amide bonds. The fourth-order valence-electron chi connectivity index (χ4n) is 4.94. The number of methoxy groups -OCH3 is 1. The van der Waals surface area contributed by atoms with Crippen molar-refractivity contribution in [3.8, 4) is 11.4 Å². The minimum absolute atomic E-state index is 0.192. The number of aromatic hydroxyl groups is 1. The molecule has 1 aliphatic heterocycles. The molecule has 0 bridgehead atoms. The Hall–Kier alpha value is -4.17. The molecule has 1 saturated heterocycles. The number of hydrogen-bond donors (Lipinski definition) is 2. The molecule has 0 saturated carbocycles. The molecular weight excluding hydrogens is 472 g/mol. The van der Waals surface area contributed by atoms with E-state index in [9.17, 15) is 9.90 Å². The third-order valence-electron chi connectivity index (χ3n) is 6.54. The van der Waals surface area contributed by atoms with Crippen LogP contribution in [0.2, 0.25) is 0 Å². The number of carbonyl (C=O) groups is 1. The molecule has 2 aromatic heterocycles. The first kappa shape index (κ1) is 23.6. The van der Waals surface area contributed by atoms with Gasteiger partial charge in [-0.15, -0.1) is 0 Å². The van der Waals surface area contributed by atoms with Crippen LogP contribution in [-0.4, -0.2) is 32.8 Å². The number of aryl methyl sites for hydroxylation is 1. The molecule has 7 nitrogen and oxygen atoms in total. The lowest BCUT2D eigenvalue weighted by atomic mass is 9.96. The predicted molar refractivity (Wildman–Crippen MR) is 143 cm³/mol. The van der Waals surface area contributed by atoms with Crippen LogP contribution >= 0.6 is 12.2 Å². The standard InChI is InChI=1S/C28H26N4O3S/c1-17-15-23(18(2)31(17)21-8-6-7-19(16-21)27(34)35-3)26-25(24-9-4-5-14-29-24)30-28(36)32(26)20-10-12-22(33)13-11-20/h4-16,25-26,33H,1-3H3,(H,30,36)/t25-,26-/m0/s1. The topological polar surface area (TPSA) is 79.6 Å². The largest absolute Gasteiger partial charge is 0.508 e. The quantitative estimate of drug-likeness (QED) is 0.291. The Bertz CT molecular complexity index is 1430. The molecule has 0 unspecified atom stereocenters. The van der Waals surface area contributed by atoms with Crippen molar-refractivity contribution >= 4 is 29.0 Å². The average Bonchev–Trinajstić information content (AvgIpc) is 3.39. The third kappa shape index (κ3) is 4.09. The van der Waals surface area contributed by atoms with Crippen LogP contribution in [0.25, 0.3) is 5.69 Å². The van der Waals surface area contributed by atoms with E-state index in [0.717, 1.165) is 34.0 Å². The molecule has 0 spiro atoms. The molecule has 36 heavy (non-hydrogen) atoms. The molecule has 3 heterocycles. The molecule has 2 atom stereocenters. The monoisotopic (exact) mass is 498 g/mol. The van der Waals surface area contributed by atoms with E-state index < -0.39 is 0 Å². The minimum Gasteiger partial charge on any atom is -0.508 e. The van der Waals surface area contributed by atoms with E-state index in [1.807, 2.05) is 55.5 Å². The lowest BCUT2D eigenvalue weighted by Gasteiger charge is -2.28. The molecule has 5 rings (SSSR count). The number of anilines is 1. The fraction of sp³-hybridized carbons (Fsp3) is 0.179. The highest BCUT2D eigenvalue weighted by atomic mass is 32.1. The minimum atomic E-state index is -0.376. The summed E-state index contributed by atoms with van der Waals surface area (Å²) in [5.41, 5.74) is 6.23. The van der Waals surface area contributed by atoms with Gasteiger partial charge in [-0.2, -0.15) is 0 Å². The third-order valence-corrected chi connectivity index (χ3v) is 6.85. The number of nitrogens with zero attached hydrogens (tertiary/aromatic N) is 3. The van der Waals surface area contributed by atoms with Gasteiger partial charge in [-0.1, -0.05) is 12.1 Å². The van der Waals surface area contributed by atoms with Gasteiger partial charge >= 0.3 is 5.97 Å². The number of aromatic nitrogens is 2. The maximum absolute atomic E-state index is 12.2. The van der Waals surface area contributed by atoms with Crippen LogP contribution in [0.5, 0.6) is 5.75 Å². The van der Waals surface area contributed by atoms with Gasteiger partial charge < -0.3 is 24.6 Å². The van der Waals surface area contributed by atoms with E-state index in [1.165, 1.54) is 7.11 Å². The van der Waals surface area contributed by atoms with Crippen LogP contribution in [0.1, 0.15) is 45.1 Å². The van der Waals surface area contributed by atoms with Gasteiger partial charge in [0, 0.05) is 29.0 Å². The number of benzene rings is 2. The summed E-state index contributed by atoms with van der Waals surface area (Å²) in [7, 11) is 1.38. The van der Waals surface area contributed by atoms with Crippen molar-refractivity contribution in [3.63, 3.8) is 0 Å². The number of ether oxygens (including phenoxy) is 1. The van der Waals surface area contributed by atoms with Gasteiger partial charge in [0.2, 0.25) is 0 Å². The first-order valence-corrected chi connectivity index (χ1v) is 12.0. The van der Waals surface area contributed by atoms with Crippen molar-refractivity contribution in [2.45, 2.75) is 25.9 Å². The van der Waals surface area contributed by atoms with Crippen molar-refractivity contribution < 1.29 is 14.6 Å². The Kier molecular flexibility index (Phi) is 6.20. The zero-order valence-electron chi connectivity index (χ0n) is 20.2. The molecule has 4 aromatic rings. The Labute approximate surface area is 215 Å². The maximum atomic E-state index is 12.2. The summed E-state index contributed by atoms with van der Waals surface area (Å²) in [4.78, 5) is 18.9. The van der Waals surface area contributed by atoms with Crippen molar-refractivity contribution in [1.29, 1.82) is 0 Å². The van der Waals surface area contributed by atoms with Gasteiger partial charge in [-0.3, -0.25) is 4.98 Å². The van der Waals surface area contributed by atoms with E-state index in [-0.39, 0.29) is 23.8 Å². The SMILES string of the molecule is COC(=O)c1cccc(-n2c(C)cc([C@H]3[C@H](c4ccccn4)NC(=S)N3c3ccc(O)cc3)c2C)c1. The van der Waals surface area contributed by atoms with Crippen LogP contribution in [0, 0.1) is 13.8 Å². The summed E-state index contributed by atoms with van der Waals surface area (Å²) in [5.74, 6) is -0.183. The number of esters is 1. The van der Waals surface area contributed by atoms with E-state index in [2.05, 4.69) is 32.8 Å². The van der Waals surface area contributed by atoms with Gasteiger partial charge in [0.1, 0.15) is 5.75 Å². The van der Waals surface area contributed by atoms with Crippen molar-refractivity contribution in [2.75, 3.05) is 12.0 Å². The highest BCUT2D eigenvalue weighted by molar-refractivity contribution is 7.80. The Morgan fingerprint density at radius 3 is 2.50 bits per heavy atom. The van der Waals surface area contributed by atoms with Crippen LogP contribution < -0.4 is 10.2 Å². The summed E-state index contributed by atoms with van der Waals surface area (Å²) < 4.78 is 7.05. The number of pyridine rings is 1. The smallest absolute Gasteiger partial charge is 0.337 e. The zero-order chi connectivity index (χ0) is 25.4. The second-order valence-electron chi connectivity index (χ2n) is 8.72. The van der Waals surface area contributed by atoms with Crippen LogP contribution in [0.3, 0.4) is 0 Å². The Morgan fingerprint density at radius 2 is 1.81 bits per heavy atom. The molecule has 1 aliphatic rings. The van der Waals surface area contributed by atoms with Gasteiger partial charge in [0.05, 0.1) is 30.5 Å². The van der Waals surface area contributed by atoms with Crippen LogP contribution in [0.15, 0.2) is 79.0 Å². The second kappa shape index (κ2) is 9.47. The predicted octanol–water partition coefficient (Wildman–Crippen LogP) is 5.16. The molecule has 0 radical (unpaired) electrons. The molecular formula is C28H26N4O3S. The molecule has 0 aliphatic carbocycles. The summed E-state index contributed by atoms with van der Waals surface area (Å²) in [6, 6.07) is 22.1. The molecule has 8 heteroatoms. The Morgan fingerprint density at radius 1 is 1.03 bits per heavy atom. The Balaban J connectivity index is 1.66. The van der Waals surface area contributed by atoms with E-state index >= 15 is 0 Å². The van der Waals surface area contributed by atoms with Crippen molar-refractivity contribution in [1.82, 2.24) is 14.9 Å². The average molecular weight is 499 g/mol. The van der Waals surface area contributed by atoms with E-state index in [0.29, 0.717) is 10.7 Å². The molecule has 2 N–H and O–H groups in total. The molecule has 1 fully saturated rings. The van der Waals surface area contributed by atoms with Gasteiger partial charge in [-0.05, 0) is 92.3 Å². The lowest BCUT2D eigenvalue weighted by molar-refractivity contribution is 0.0600. The highest BCUT2D eigenvalue weighted by Gasteiger charge is 2.42. The number of thiocarbonyl (C=S) groups is 1. The normalized spacial score (nSPS) is 17.2. The molecule has 2 aromatic carbocycles. The number of rotatable bonds is 5. The van der Waals surface area contributed by atoms with Crippen molar-refractivity contribution in [2.24, 2.45) is 0 Å². The number of hydrogen-bond acceptors (Lipinski definition) is 5. The summed E-state index contributed by atoms with van der Waals surface area (Å²) in [6.07, 6.45) is 1.78. The first-order valence-electron chi connectivity index (χ1n) is 11.6.